The first-order valence-corrected chi connectivity index (χ1v) is 8.37. The Morgan fingerprint density at radius 2 is 1.81 bits per heavy atom. The van der Waals surface area contributed by atoms with Gasteiger partial charge in [0, 0.05) is 22.6 Å². The summed E-state index contributed by atoms with van der Waals surface area (Å²) in [4.78, 5) is 16.7. The lowest BCUT2D eigenvalue weighted by Crippen LogP contribution is -2.14. The third kappa shape index (κ3) is 4.32. The second-order valence-corrected chi connectivity index (χ2v) is 6.16. The minimum atomic E-state index is -0.311. The average molecular weight is 368 g/mol. The summed E-state index contributed by atoms with van der Waals surface area (Å²) in [5.74, 6) is 0.285. The number of nitrogens with one attached hydrogen (secondary N) is 2. The van der Waals surface area contributed by atoms with Crippen LogP contribution in [-0.4, -0.2) is 18.0 Å². The van der Waals surface area contributed by atoms with E-state index in [1.54, 1.807) is 37.6 Å². The van der Waals surface area contributed by atoms with Crippen molar-refractivity contribution in [2.24, 2.45) is 0 Å². The average Bonchev–Trinajstić information content (AvgIpc) is 2.64. The van der Waals surface area contributed by atoms with Gasteiger partial charge >= 0.3 is 0 Å². The molecule has 3 aromatic rings. The molecule has 0 aliphatic heterocycles. The summed E-state index contributed by atoms with van der Waals surface area (Å²) in [6.45, 7) is 1.95. The first kappa shape index (κ1) is 17.8. The van der Waals surface area contributed by atoms with Crippen molar-refractivity contribution in [1.82, 2.24) is 4.98 Å². The van der Waals surface area contributed by atoms with E-state index >= 15 is 0 Å². The molecule has 0 radical (unpaired) electrons. The van der Waals surface area contributed by atoms with E-state index in [1.807, 2.05) is 37.3 Å². The number of nitrogens with zero attached hydrogens (tertiary/aromatic N) is 1. The molecule has 2 aromatic carbocycles. The van der Waals surface area contributed by atoms with Crippen molar-refractivity contribution >= 4 is 34.6 Å². The highest BCUT2D eigenvalue weighted by molar-refractivity contribution is 6.30. The van der Waals surface area contributed by atoms with Gasteiger partial charge in [-0.1, -0.05) is 17.7 Å². The van der Waals surface area contributed by atoms with Crippen molar-refractivity contribution in [1.29, 1.82) is 0 Å². The van der Waals surface area contributed by atoms with Gasteiger partial charge in [0.2, 0.25) is 0 Å². The maximum atomic E-state index is 12.6. The highest BCUT2D eigenvalue weighted by Gasteiger charge is 2.12. The summed E-state index contributed by atoms with van der Waals surface area (Å²) in [6.07, 6.45) is 1.58. The van der Waals surface area contributed by atoms with Crippen LogP contribution >= 0.6 is 11.6 Å². The van der Waals surface area contributed by atoms with Crippen molar-refractivity contribution in [2.45, 2.75) is 6.92 Å². The topological polar surface area (TPSA) is 63.2 Å². The molecule has 0 aliphatic carbocycles. The minimum absolute atomic E-state index is 0.299. The highest BCUT2D eigenvalue weighted by atomic mass is 35.5. The standard InChI is InChI=1S/C20H18ClN3O2/c1-13-3-8-19(26-2)17(11-13)24-20(25)18-12-16(9-10-22-18)23-15-6-4-14(21)5-7-15/h3-12H,1-2H3,(H,22,23)(H,24,25). The predicted molar refractivity (Wildman–Crippen MR) is 105 cm³/mol. The zero-order valence-corrected chi connectivity index (χ0v) is 15.2. The molecule has 0 saturated heterocycles. The van der Waals surface area contributed by atoms with Crippen molar-refractivity contribution in [3.05, 3.63) is 77.1 Å². The lowest BCUT2D eigenvalue weighted by atomic mass is 10.2. The number of methoxy groups -OCH3 is 1. The van der Waals surface area contributed by atoms with Crippen LogP contribution < -0.4 is 15.4 Å². The van der Waals surface area contributed by atoms with E-state index in [2.05, 4.69) is 15.6 Å². The van der Waals surface area contributed by atoms with Crippen LogP contribution in [0.3, 0.4) is 0 Å². The van der Waals surface area contributed by atoms with Gasteiger partial charge in [0.15, 0.2) is 0 Å². The van der Waals surface area contributed by atoms with E-state index in [0.29, 0.717) is 22.2 Å². The quantitative estimate of drug-likeness (QED) is 0.662. The van der Waals surface area contributed by atoms with Crippen molar-refractivity contribution in [3.8, 4) is 5.75 Å². The molecule has 132 valence electrons. The van der Waals surface area contributed by atoms with Crippen LogP contribution in [0.5, 0.6) is 5.75 Å². The van der Waals surface area contributed by atoms with Gasteiger partial charge in [-0.05, 0) is 61.0 Å². The van der Waals surface area contributed by atoms with Gasteiger partial charge in [-0.3, -0.25) is 9.78 Å². The maximum absolute atomic E-state index is 12.6. The molecular weight excluding hydrogens is 350 g/mol. The Morgan fingerprint density at radius 1 is 1.04 bits per heavy atom. The molecule has 5 nitrogen and oxygen atoms in total. The monoisotopic (exact) mass is 367 g/mol. The summed E-state index contributed by atoms with van der Waals surface area (Å²) < 4.78 is 5.29. The minimum Gasteiger partial charge on any atom is -0.495 e. The molecule has 0 saturated carbocycles. The molecule has 0 atom stereocenters. The first-order valence-electron chi connectivity index (χ1n) is 8.00. The van der Waals surface area contributed by atoms with E-state index in [1.165, 1.54) is 0 Å². The Morgan fingerprint density at radius 3 is 2.54 bits per heavy atom. The molecule has 0 unspecified atom stereocenters. The number of hydrogen-bond donors (Lipinski definition) is 2. The van der Waals surface area contributed by atoms with Gasteiger partial charge in [-0.15, -0.1) is 0 Å². The highest BCUT2D eigenvalue weighted by Crippen LogP contribution is 2.26. The molecule has 1 aromatic heterocycles. The summed E-state index contributed by atoms with van der Waals surface area (Å²) in [5, 5.41) is 6.73. The van der Waals surface area contributed by atoms with Crippen molar-refractivity contribution < 1.29 is 9.53 Å². The fourth-order valence-corrected chi connectivity index (χ4v) is 2.56. The van der Waals surface area contributed by atoms with Crippen molar-refractivity contribution in [2.75, 3.05) is 17.7 Å². The molecule has 0 fully saturated rings. The van der Waals surface area contributed by atoms with E-state index in [4.69, 9.17) is 16.3 Å². The molecule has 6 heteroatoms. The van der Waals surface area contributed by atoms with E-state index in [9.17, 15) is 4.79 Å². The summed E-state index contributed by atoms with van der Waals surface area (Å²) in [6, 6.07) is 16.4. The van der Waals surface area contributed by atoms with Gasteiger partial charge in [0.25, 0.3) is 5.91 Å². The normalized spacial score (nSPS) is 10.3. The van der Waals surface area contributed by atoms with Crippen LogP contribution in [0.15, 0.2) is 60.8 Å². The smallest absolute Gasteiger partial charge is 0.274 e. The maximum Gasteiger partial charge on any atom is 0.274 e. The van der Waals surface area contributed by atoms with Gasteiger partial charge in [-0.2, -0.15) is 0 Å². The fraction of sp³-hybridized carbons (Fsp3) is 0.100. The molecule has 0 spiro atoms. The first-order chi connectivity index (χ1) is 12.5. The van der Waals surface area contributed by atoms with E-state index < -0.39 is 0 Å². The number of aromatic nitrogens is 1. The number of amides is 1. The molecule has 0 aliphatic rings. The van der Waals surface area contributed by atoms with Gasteiger partial charge < -0.3 is 15.4 Å². The Balaban J connectivity index is 1.78. The van der Waals surface area contributed by atoms with Crippen LogP contribution in [0, 0.1) is 6.92 Å². The second kappa shape index (κ2) is 7.89. The third-order valence-corrected chi connectivity index (χ3v) is 3.98. The van der Waals surface area contributed by atoms with Crippen LogP contribution in [0.25, 0.3) is 0 Å². The number of anilines is 3. The Hall–Kier alpha value is -3.05. The lowest BCUT2D eigenvalue weighted by Gasteiger charge is -2.11. The molecule has 2 N–H and O–H groups in total. The summed E-state index contributed by atoms with van der Waals surface area (Å²) in [7, 11) is 1.56. The Labute approximate surface area is 157 Å². The van der Waals surface area contributed by atoms with Crippen molar-refractivity contribution in [3.63, 3.8) is 0 Å². The number of hydrogen-bond acceptors (Lipinski definition) is 4. The second-order valence-electron chi connectivity index (χ2n) is 5.72. The molecule has 0 bridgehead atoms. The van der Waals surface area contributed by atoms with E-state index in [-0.39, 0.29) is 5.91 Å². The van der Waals surface area contributed by atoms with Gasteiger partial charge in [0.05, 0.1) is 12.8 Å². The fourth-order valence-electron chi connectivity index (χ4n) is 2.44. The number of aryl methyl sites for hydroxylation is 1. The SMILES string of the molecule is COc1ccc(C)cc1NC(=O)c1cc(Nc2ccc(Cl)cc2)ccn1. The molecular formula is C20H18ClN3O2. The third-order valence-electron chi connectivity index (χ3n) is 3.73. The van der Waals surface area contributed by atoms with Crippen LogP contribution in [0.4, 0.5) is 17.1 Å². The number of carbonyl (C=O) groups excluding carboxylic acids is 1. The summed E-state index contributed by atoms with van der Waals surface area (Å²) in [5.41, 5.74) is 3.55. The van der Waals surface area contributed by atoms with E-state index in [0.717, 1.165) is 16.9 Å². The largest absolute Gasteiger partial charge is 0.495 e. The molecule has 1 amide bonds. The number of ether oxygens (including phenoxy) is 1. The Bertz CT molecular complexity index is 927. The zero-order valence-electron chi connectivity index (χ0n) is 14.4. The number of pyridine rings is 1. The number of benzene rings is 2. The van der Waals surface area contributed by atoms with Crippen LogP contribution in [0.2, 0.25) is 5.02 Å². The zero-order chi connectivity index (χ0) is 18.5. The lowest BCUT2D eigenvalue weighted by molar-refractivity contribution is 0.102. The Kier molecular flexibility index (Phi) is 5.39. The predicted octanol–water partition coefficient (Wildman–Crippen LogP) is 5.05. The van der Waals surface area contributed by atoms with Crippen LogP contribution in [0.1, 0.15) is 16.1 Å². The summed E-state index contributed by atoms with van der Waals surface area (Å²) >= 11 is 5.89. The van der Waals surface area contributed by atoms with Gasteiger partial charge in [-0.25, -0.2) is 0 Å². The number of rotatable bonds is 5. The molecule has 26 heavy (non-hydrogen) atoms. The van der Waals surface area contributed by atoms with Crippen LogP contribution in [-0.2, 0) is 0 Å². The number of halogens is 1. The molecule has 1 heterocycles. The van der Waals surface area contributed by atoms with Gasteiger partial charge in [0.1, 0.15) is 11.4 Å². The molecule has 3 rings (SSSR count). The number of carbonyl (C=O) groups is 1.